The Hall–Kier alpha value is -1.59. The summed E-state index contributed by atoms with van der Waals surface area (Å²) in [5, 5.41) is 13.1. The number of carbonyl (C=O) groups excluding carboxylic acids is 1. The van der Waals surface area contributed by atoms with Crippen molar-refractivity contribution in [3.63, 3.8) is 0 Å². The second-order valence-corrected chi connectivity index (χ2v) is 5.17. The second-order valence-electron chi connectivity index (χ2n) is 5.17. The minimum absolute atomic E-state index is 0.109. The van der Waals surface area contributed by atoms with E-state index in [2.05, 4.69) is 5.32 Å². The van der Waals surface area contributed by atoms with Crippen LogP contribution in [-0.2, 0) is 16.0 Å². The number of aliphatic hydroxyl groups is 1. The van der Waals surface area contributed by atoms with Crippen molar-refractivity contribution < 1.29 is 19.4 Å². The molecule has 0 saturated carbocycles. The summed E-state index contributed by atoms with van der Waals surface area (Å²) in [5.74, 6) is 0.656. The molecule has 0 radical (unpaired) electrons. The number of benzene rings is 1. The molecule has 0 aliphatic carbocycles. The van der Waals surface area contributed by atoms with E-state index in [1.54, 1.807) is 7.11 Å². The minimum atomic E-state index is -0.949. The van der Waals surface area contributed by atoms with Gasteiger partial charge in [-0.3, -0.25) is 4.79 Å². The SMILES string of the molecule is COc1ccc(CC(=O)NCC2(O)CCOC2C)cc1. The third-order valence-corrected chi connectivity index (χ3v) is 3.77. The van der Waals surface area contributed by atoms with Gasteiger partial charge in [0.25, 0.3) is 0 Å². The molecule has 1 aliphatic heterocycles. The lowest BCUT2D eigenvalue weighted by atomic mass is 9.96. The molecule has 0 spiro atoms. The first-order valence-electron chi connectivity index (χ1n) is 6.77. The molecule has 1 aromatic rings. The topological polar surface area (TPSA) is 67.8 Å². The lowest BCUT2D eigenvalue weighted by molar-refractivity contribution is -0.122. The molecular weight excluding hydrogens is 258 g/mol. The fourth-order valence-electron chi connectivity index (χ4n) is 2.25. The van der Waals surface area contributed by atoms with Crippen LogP contribution in [-0.4, -0.2) is 43.0 Å². The molecule has 1 fully saturated rings. The first-order chi connectivity index (χ1) is 9.53. The van der Waals surface area contributed by atoms with Gasteiger partial charge >= 0.3 is 0 Å². The van der Waals surface area contributed by atoms with Crippen molar-refractivity contribution in [2.45, 2.75) is 31.5 Å². The molecule has 1 saturated heterocycles. The van der Waals surface area contributed by atoms with Crippen molar-refractivity contribution in [2.75, 3.05) is 20.3 Å². The number of hydrogen-bond acceptors (Lipinski definition) is 4. The second kappa shape index (κ2) is 6.24. The van der Waals surface area contributed by atoms with Gasteiger partial charge in [0, 0.05) is 19.6 Å². The van der Waals surface area contributed by atoms with Gasteiger partial charge in [-0.15, -0.1) is 0 Å². The van der Waals surface area contributed by atoms with E-state index in [0.29, 0.717) is 13.0 Å². The predicted octanol–water partition coefficient (Wildman–Crippen LogP) is 0.894. The summed E-state index contributed by atoms with van der Waals surface area (Å²) < 4.78 is 10.4. The van der Waals surface area contributed by atoms with Crippen LogP contribution in [0.15, 0.2) is 24.3 Å². The van der Waals surface area contributed by atoms with Crippen LogP contribution in [0, 0.1) is 0 Å². The minimum Gasteiger partial charge on any atom is -0.497 e. The van der Waals surface area contributed by atoms with E-state index < -0.39 is 5.60 Å². The molecule has 2 unspecified atom stereocenters. The summed E-state index contributed by atoms with van der Waals surface area (Å²) in [6.45, 7) is 2.58. The van der Waals surface area contributed by atoms with Crippen LogP contribution in [0.25, 0.3) is 0 Å². The Morgan fingerprint density at radius 3 is 2.75 bits per heavy atom. The summed E-state index contributed by atoms with van der Waals surface area (Å²) in [4.78, 5) is 11.9. The van der Waals surface area contributed by atoms with E-state index in [0.717, 1.165) is 11.3 Å². The smallest absolute Gasteiger partial charge is 0.224 e. The van der Waals surface area contributed by atoms with Gasteiger partial charge < -0.3 is 19.9 Å². The van der Waals surface area contributed by atoms with Crippen LogP contribution in [0.5, 0.6) is 5.75 Å². The van der Waals surface area contributed by atoms with Crippen LogP contribution < -0.4 is 10.1 Å². The van der Waals surface area contributed by atoms with Gasteiger partial charge in [0.1, 0.15) is 11.4 Å². The van der Waals surface area contributed by atoms with Crippen molar-refractivity contribution >= 4 is 5.91 Å². The first kappa shape index (κ1) is 14.8. The van der Waals surface area contributed by atoms with Crippen molar-refractivity contribution in [3.05, 3.63) is 29.8 Å². The quantitative estimate of drug-likeness (QED) is 0.840. The van der Waals surface area contributed by atoms with Gasteiger partial charge in [-0.2, -0.15) is 0 Å². The normalized spacial score (nSPS) is 25.4. The van der Waals surface area contributed by atoms with Gasteiger partial charge in [-0.25, -0.2) is 0 Å². The number of hydrogen-bond donors (Lipinski definition) is 2. The molecule has 1 aromatic carbocycles. The Kier molecular flexibility index (Phi) is 4.62. The van der Waals surface area contributed by atoms with Gasteiger partial charge in [0.05, 0.1) is 19.6 Å². The number of rotatable bonds is 5. The Bertz CT molecular complexity index is 459. The van der Waals surface area contributed by atoms with Gasteiger partial charge in [0.2, 0.25) is 5.91 Å². The van der Waals surface area contributed by atoms with Crippen LogP contribution in [0.4, 0.5) is 0 Å². The zero-order chi connectivity index (χ0) is 14.6. The summed E-state index contributed by atoms with van der Waals surface area (Å²) in [6.07, 6.45) is 0.593. The molecule has 0 aromatic heterocycles. The maximum absolute atomic E-state index is 11.9. The summed E-state index contributed by atoms with van der Waals surface area (Å²) in [7, 11) is 1.60. The number of methoxy groups -OCH3 is 1. The number of ether oxygens (including phenoxy) is 2. The lowest BCUT2D eigenvalue weighted by Gasteiger charge is -2.26. The zero-order valence-corrected chi connectivity index (χ0v) is 11.9. The monoisotopic (exact) mass is 279 g/mol. The molecule has 5 nitrogen and oxygen atoms in total. The molecule has 0 bridgehead atoms. The van der Waals surface area contributed by atoms with E-state index in [1.807, 2.05) is 31.2 Å². The van der Waals surface area contributed by atoms with Gasteiger partial charge in [0.15, 0.2) is 0 Å². The summed E-state index contributed by atoms with van der Waals surface area (Å²) in [5.41, 5.74) is -0.0405. The predicted molar refractivity (Wildman–Crippen MR) is 74.7 cm³/mol. The van der Waals surface area contributed by atoms with Crippen molar-refractivity contribution in [1.82, 2.24) is 5.32 Å². The Labute approximate surface area is 118 Å². The molecule has 1 amide bonds. The summed E-state index contributed by atoms with van der Waals surface area (Å²) in [6, 6.07) is 7.36. The third-order valence-electron chi connectivity index (χ3n) is 3.77. The number of nitrogens with one attached hydrogen (secondary N) is 1. The van der Waals surface area contributed by atoms with Crippen LogP contribution in [0.2, 0.25) is 0 Å². The van der Waals surface area contributed by atoms with E-state index in [4.69, 9.17) is 9.47 Å². The Morgan fingerprint density at radius 1 is 1.50 bits per heavy atom. The van der Waals surface area contributed by atoms with Crippen molar-refractivity contribution in [1.29, 1.82) is 0 Å². The average molecular weight is 279 g/mol. The Balaban J connectivity index is 1.83. The number of carbonyl (C=O) groups is 1. The molecular formula is C15H21NO4. The van der Waals surface area contributed by atoms with Crippen LogP contribution >= 0.6 is 0 Å². The Morgan fingerprint density at radius 2 is 2.20 bits per heavy atom. The standard InChI is InChI=1S/C15H21NO4/c1-11-15(18,7-8-20-11)10-16-14(17)9-12-3-5-13(19-2)6-4-12/h3-6,11,18H,7-10H2,1-2H3,(H,16,17). The van der Waals surface area contributed by atoms with E-state index in [-0.39, 0.29) is 25.0 Å². The molecule has 2 N–H and O–H groups in total. The third kappa shape index (κ3) is 3.49. The molecule has 1 heterocycles. The average Bonchev–Trinajstić information content (AvgIpc) is 2.78. The van der Waals surface area contributed by atoms with Crippen molar-refractivity contribution in [3.8, 4) is 5.75 Å². The highest BCUT2D eigenvalue weighted by atomic mass is 16.5. The van der Waals surface area contributed by atoms with E-state index in [9.17, 15) is 9.90 Å². The highest BCUT2D eigenvalue weighted by Crippen LogP contribution is 2.24. The number of amides is 1. The molecule has 1 aliphatic rings. The largest absolute Gasteiger partial charge is 0.497 e. The van der Waals surface area contributed by atoms with Crippen molar-refractivity contribution in [2.24, 2.45) is 0 Å². The van der Waals surface area contributed by atoms with Gasteiger partial charge in [-0.1, -0.05) is 12.1 Å². The lowest BCUT2D eigenvalue weighted by Crippen LogP contribution is -2.47. The summed E-state index contributed by atoms with van der Waals surface area (Å²) >= 11 is 0. The van der Waals surface area contributed by atoms with E-state index in [1.165, 1.54) is 0 Å². The first-order valence-corrected chi connectivity index (χ1v) is 6.77. The molecule has 20 heavy (non-hydrogen) atoms. The fraction of sp³-hybridized carbons (Fsp3) is 0.533. The van der Waals surface area contributed by atoms with Crippen LogP contribution in [0.3, 0.4) is 0 Å². The molecule has 110 valence electrons. The van der Waals surface area contributed by atoms with Gasteiger partial charge in [-0.05, 0) is 24.6 Å². The highest BCUT2D eigenvalue weighted by molar-refractivity contribution is 5.78. The zero-order valence-electron chi connectivity index (χ0n) is 11.9. The fourth-order valence-corrected chi connectivity index (χ4v) is 2.25. The maximum Gasteiger partial charge on any atom is 0.224 e. The molecule has 2 atom stereocenters. The van der Waals surface area contributed by atoms with Crippen LogP contribution in [0.1, 0.15) is 18.9 Å². The highest BCUT2D eigenvalue weighted by Gasteiger charge is 2.39. The molecule has 2 rings (SSSR count). The van der Waals surface area contributed by atoms with E-state index >= 15 is 0 Å². The maximum atomic E-state index is 11.9. The molecule has 5 heteroatoms.